The second kappa shape index (κ2) is 8.76. The molecule has 5 nitrogen and oxygen atoms in total. The van der Waals surface area contributed by atoms with Gasteiger partial charge < -0.3 is 5.32 Å². The summed E-state index contributed by atoms with van der Waals surface area (Å²) in [7, 11) is -3.67. The van der Waals surface area contributed by atoms with E-state index in [1.165, 1.54) is 21.9 Å². The minimum absolute atomic E-state index is 0.214. The van der Waals surface area contributed by atoms with E-state index in [0.29, 0.717) is 17.1 Å². The third kappa shape index (κ3) is 4.93. The number of fused-ring (bicyclic) bond motifs is 1. The van der Waals surface area contributed by atoms with E-state index < -0.39 is 16.1 Å². The number of hydrogen-bond acceptors (Lipinski definition) is 3. The molecular formula is C22H27ClN2O3S. The zero-order valence-electron chi connectivity index (χ0n) is 17.0. The van der Waals surface area contributed by atoms with E-state index in [-0.39, 0.29) is 11.9 Å². The van der Waals surface area contributed by atoms with Crippen LogP contribution in [0.5, 0.6) is 0 Å². The molecule has 0 unspecified atom stereocenters. The highest BCUT2D eigenvalue weighted by Crippen LogP contribution is 2.27. The van der Waals surface area contributed by atoms with Crippen LogP contribution in [0.3, 0.4) is 0 Å². The van der Waals surface area contributed by atoms with Crippen LogP contribution < -0.4 is 9.62 Å². The minimum atomic E-state index is -3.67. The van der Waals surface area contributed by atoms with Crippen molar-refractivity contribution in [2.45, 2.75) is 51.6 Å². The number of benzene rings is 2. The first-order chi connectivity index (χ1) is 13.7. The number of anilines is 1. The summed E-state index contributed by atoms with van der Waals surface area (Å²) >= 11 is 5.94. The molecule has 7 heteroatoms. The standard InChI is InChI=1S/C22H27ClN2O3S/c1-4-21(25(29(3,27)28)20-12-10-19(23)11-13-20)22(26)24-15(2)17-9-8-16-6-5-7-18(16)14-17/h8-15,21H,4-7H2,1-3H3,(H,24,26)/t15-,21-/m0/s1. The molecule has 1 N–H and O–H groups in total. The zero-order chi connectivity index (χ0) is 21.2. The van der Waals surface area contributed by atoms with Crippen LogP contribution in [0.15, 0.2) is 42.5 Å². The van der Waals surface area contributed by atoms with Gasteiger partial charge in [-0.3, -0.25) is 9.10 Å². The Labute approximate surface area is 178 Å². The maximum atomic E-state index is 13.1. The maximum absolute atomic E-state index is 13.1. The lowest BCUT2D eigenvalue weighted by Crippen LogP contribution is -2.49. The lowest BCUT2D eigenvalue weighted by molar-refractivity contribution is -0.122. The quantitative estimate of drug-likeness (QED) is 0.708. The molecule has 0 radical (unpaired) electrons. The van der Waals surface area contributed by atoms with Gasteiger partial charge in [-0.25, -0.2) is 8.42 Å². The fourth-order valence-electron chi connectivity index (χ4n) is 3.90. The first-order valence-corrected chi connectivity index (χ1v) is 12.1. The molecule has 0 fully saturated rings. The van der Waals surface area contributed by atoms with Gasteiger partial charge in [0.15, 0.2) is 0 Å². The summed E-state index contributed by atoms with van der Waals surface area (Å²) in [5.74, 6) is -0.319. The number of hydrogen-bond donors (Lipinski definition) is 1. The van der Waals surface area contributed by atoms with Gasteiger partial charge in [-0.2, -0.15) is 0 Å². The molecule has 156 valence electrons. The molecule has 1 aliphatic carbocycles. The van der Waals surface area contributed by atoms with Crippen molar-refractivity contribution in [2.75, 3.05) is 10.6 Å². The summed E-state index contributed by atoms with van der Waals surface area (Å²) in [6, 6.07) is 11.7. The molecule has 2 aromatic carbocycles. The van der Waals surface area contributed by atoms with Gasteiger partial charge >= 0.3 is 0 Å². The van der Waals surface area contributed by atoms with Crippen LogP contribution in [0.25, 0.3) is 0 Å². The number of carbonyl (C=O) groups is 1. The highest BCUT2D eigenvalue weighted by atomic mass is 35.5. The number of amides is 1. The molecule has 2 aromatic rings. The van der Waals surface area contributed by atoms with Crippen LogP contribution in [-0.2, 0) is 27.7 Å². The molecule has 29 heavy (non-hydrogen) atoms. The number of sulfonamides is 1. The number of carbonyl (C=O) groups excluding carboxylic acids is 1. The molecule has 0 heterocycles. The normalized spacial score (nSPS) is 15.4. The highest BCUT2D eigenvalue weighted by molar-refractivity contribution is 7.92. The number of halogens is 1. The average Bonchev–Trinajstić information content (AvgIpc) is 3.13. The Bertz CT molecular complexity index is 990. The van der Waals surface area contributed by atoms with Crippen molar-refractivity contribution in [3.8, 4) is 0 Å². The fourth-order valence-corrected chi connectivity index (χ4v) is 5.24. The average molecular weight is 435 g/mol. The first kappa shape index (κ1) is 21.7. The predicted molar refractivity (Wildman–Crippen MR) is 118 cm³/mol. The van der Waals surface area contributed by atoms with Gasteiger partial charge in [0.2, 0.25) is 15.9 Å². The largest absolute Gasteiger partial charge is 0.348 e. The third-order valence-corrected chi connectivity index (χ3v) is 6.82. The maximum Gasteiger partial charge on any atom is 0.244 e. The van der Waals surface area contributed by atoms with E-state index in [1.54, 1.807) is 31.2 Å². The molecule has 0 saturated carbocycles. The monoisotopic (exact) mass is 434 g/mol. The van der Waals surface area contributed by atoms with Crippen molar-refractivity contribution >= 4 is 33.2 Å². The van der Waals surface area contributed by atoms with Crippen molar-refractivity contribution in [2.24, 2.45) is 0 Å². The first-order valence-electron chi connectivity index (χ1n) is 9.87. The summed E-state index contributed by atoms with van der Waals surface area (Å²) < 4.78 is 26.2. The Hall–Kier alpha value is -2.05. The van der Waals surface area contributed by atoms with Gasteiger partial charge in [-0.15, -0.1) is 0 Å². The van der Waals surface area contributed by atoms with Crippen LogP contribution in [0.1, 0.15) is 49.4 Å². The van der Waals surface area contributed by atoms with Crippen molar-refractivity contribution in [1.82, 2.24) is 5.32 Å². The van der Waals surface area contributed by atoms with Gasteiger partial charge in [-0.1, -0.05) is 36.7 Å². The topological polar surface area (TPSA) is 66.5 Å². The van der Waals surface area contributed by atoms with E-state index in [2.05, 4.69) is 17.4 Å². The molecule has 0 saturated heterocycles. The molecular weight excluding hydrogens is 408 g/mol. The Balaban J connectivity index is 1.83. The lowest BCUT2D eigenvalue weighted by Gasteiger charge is -2.31. The summed E-state index contributed by atoms with van der Waals surface area (Å²) in [5, 5.41) is 3.51. The van der Waals surface area contributed by atoms with Crippen LogP contribution in [0, 0.1) is 0 Å². The van der Waals surface area contributed by atoms with Crippen LogP contribution in [-0.4, -0.2) is 26.6 Å². The number of nitrogens with zero attached hydrogens (tertiary/aromatic N) is 1. The lowest BCUT2D eigenvalue weighted by atomic mass is 10.0. The molecule has 0 aliphatic heterocycles. The molecule has 3 rings (SSSR count). The van der Waals surface area contributed by atoms with E-state index >= 15 is 0 Å². The zero-order valence-corrected chi connectivity index (χ0v) is 18.6. The smallest absolute Gasteiger partial charge is 0.244 e. The molecule has 0 bridgehead atoms. The SMILES string of the molecule is CC[C@@H](C(=O)N[C@@H](C)c1ccc2c(c1)CCC2)N(c1ccc(Cl)cc1)S(C)(=O)=O. The second-order valence-corrected chi connectivity index (χ2v) is 9.87. The summed E-state index contributed by atoms with van der Waals surface area (Å²) in [6.45, 7) is 3.73. The van der Waals surface area contributed by atoms with Gasteiger partial charge in [0.05, 0.1) is 18.0 Å². The number of aryl methyl sites for hydroxylation is 2. The summed E-state index contributed by atoms with van der Waals surface area (Å²) in [6.07, 6.45) is 4.81. The van der Waals surface area contributed by atoms with E-state index in [0.717, 1.165) is 24.7 Å². The van der Waals surface area contributed by atoms with Crippen molar-refractivity contribution in [3.05, 3.63) is 64.2 Å². The molecule has 2 atom stereocenters. The van der Waals surface area contributed by atoms with Crippen LogP contribution in [0.4, 0.5) is 5.69 Å². The van der Waals surface area contributed by atoms with E-state index in [9.17, 15) is 13.2 Å². The van der Waals surface area contributed by atoms with Gasteiger partial charge in [0.25, 0.3) is 0 Å². The van der Waals surface area contributed by atoms with E-state index in [1.807, 2.05) is 13.0 Å². The number of rotatable bonds is 7. The Morgan fingerprint density at radius 1 is 1.14 bits per heavy atom. The second-order valence-electron chi connectivity index (χ2n) is 7.57. The van der Waals surface area contributed by atoms with Crippen LogP contribution >= 0.6 is 11.6 Å². The van der Waals surface area contributed by atoms with Gasteiger partial charge in [-0.05, 0) is 73.6 Å². The Morgan fingerprint density at radius 3 is 2.41 bits per heavy atom. The molecule has 1 amide bonds. The van der Waals surface area contributed by atoms with E-state index in [4.69, 9.17) is 11.6 Å². The van der Waals surface area contributed by atoms with Crippen molar-refractivity contribution in [1.29, 1.82) is 0 Å². The van der Waals surface area contributed by atoms with Crippen molar-refractivity contribution in [3.63, 3.8) is 0 Å². The molecule has 1 aliphatic rings. The third-order valence-electron chi connectivity index (χ3n) is 5.39. The molecule has 0 aromatic heterocycles. The predicted octanol–water partition coefficient (Wildman–Crippen LogP) is 4.25. The summed E-state index contributed by atoms with van der Waals surface area (Å²) in [5.41, 5.74) is 4.18. The minimum Gasteiger partial charge on any atom is -0.348 e. The Morgan fingerprint density at radius 2 is 1.79 bits per heavy atom. The number of nitrogens with one attached hydrogen (secondary N) is 1. The molecule has 0 spiro atoms. The van der Waals surface area contributed by atoms with Gasteiger partial charge in [0.1, 0.15) is 6.04 Å². The summed E-state index contributed by atoms with van der Waals surface area (Å²) in [4.78, 5) is 13.1. The van der Waals surface area contributed by atoms with Gasteiger partial charge in [0, 0.05) is 5.02 Å². The highest BCUT2D eigenvalue weighted by Gasteiger charge is 2.32. The Kier molecular flexibility index (Phi) is 6.54. The fraction of sp³-hybridized carbons (Fsp3) is 0.409. The van der Waals surface area contributed by atoms with Crippen molar-refractivity contribution < 1.29 is 13.2 Å². The van der Waals surface area contributed by atoms with Crippen LogP contribution in [0.2, 0.25) is 5.02 Å².